The molecule has 2 aromatic rings. The van der Waals surface area contributed by atoms with Crippen molar-refractivity contribution in [2.45, 2.75) is 13.0 Å². The standard InChI is InChI=1S/C13H15BrN2O3/c1-17-12-5-9(2-3-15)4-11(14)13(12)18-7-10-6-16-19-8-10/h4-6,8H,2-3,7,15H2,1H3. The second-order valence-corrected chi connectivity index (χ2v) is 4.82. The van der Waals surface area contributed by atoms with E-state index in [1.165, 1.54) is 0 Å². The van der Waals surface area contributed by atoms with E-state index >= 15 is 0 Å². The highest BCUT2D eigenvalue weighted by atomic mass is 79.9. The summed E-state index contributed by atoms with van der Waals surface area (Å²) in [7, 11) is 1.61. The van der Waals surface area contributed by atoms with Crippen LogP contribution in [0.5, 0.6) is 11.5 Å². The van der Waals surface area contributed by atoms with Crippen molar-refractivity contribution in [3.63, 3.8) is 0 Å². The van der Waals surface area contributed by atoms with Crippen molar-refractivity contribution in [3.8, 4) is 11.5 Å². The summed E-state index contributed by atoms with van der Waals surface area (Å²) in [4.78, 5) is 0. The molecule has 0 amide bonds. The Kier molecular flexibility index (Phi) is 4.81. The van der Waals surface area contributed by atoms with Crippen LogP contribution < -0.4 is 15.2 Å². The second-order valence-electron chi connectivity index (χ2n) is 3.97. The number of rotatable bonds is 6. The van der Waals surface area contributed by atoms with Crippen LogP contribution in [0.4, 0.5) is 0 Å². The van der Waals surface area contributed by atoms with Crippen molar-refractivity contribution in [2.75, 3.05) is 13.7 Å². The molecule has 0 bridgehead atoms. The van der Waals surface area contributed by atoms with Gasteiger partial charge in [-0.3, -0.25) is 0 Å². The van der Waals surface area contributed by atoms with E-state index in [0.29, 0.717) is 24.7 Å². The van der Waals surface area contributed by atoms with Gasteiger partial charge in [-0.25, -0.2) is 0 Å². The Morgan fingerprint density at radius 3 is 2.84 bits per heavy atom. The van der Waals surface area contributed by atoms with Gasteiger partial charge in [0, 0.05) is 5.56 Å². The third kappa shape index (κ3) is 3.48. The summed E-state index contributed by atoms with van der Waals surface area (Å²) in [6.45, 7) is 0.963. The van der Waals surface area contributed by atoms with Crippen molar-refractivity contribution in [2.24, 2.45) is 5.73 Å². The lowest BCUT2D eigenvalue weighted by atomic mass is 10.1. The molecule has 5 nitrogen and oxygen atoms in total. The maximum Gasteiger partial charge on any atom is 0.175 e. The van der Waals surface area contributed by atoms with Crippen LogP contribution in [0.15, 0.2) is 33.6 Å². The SMILES string of the molecule is COc1cc(CCN)cc(Br)c1OCc1cnoc1. The van der Waals surface area contributed by atoms with Crippen LogP contribution in [0.3, 0.4) is 0 Å². The van der Waals surface area contributed by atoms with Crippen LogP contribution >= 0.6 is 15.9 Å². The zero-order chi connectivity index (χ0) is 13.7. The van der Waals surface area contributed by atoms with Crippen LogP contribution in [-0.2, 0) is 13.0 Å². The summed E-state index contributed by atoms with van der Waals surface area (Å²) in [6, 6.07) is 3.92. The summed E-state index contributed by atoms with van der Waals surface area (Å²) < 4.78 is 16.7. The fourth-order valence-electron chi connectivity index (χ4n) is 1.68. The van der Waals surface area contributed by atoms with Gasteiger partial charge in [-0.05, 0) is 46.6 Å². The Labute approximate surface area is 119 Å². The third-order valence-corrected chi connectivity index (χ3v) is 3.18. The first kappa shape index (κ1) is 13.9. The highest BCUT2D eigenvalue weighted by molar-refractivity contribution is 9.10. The van der Waals surface area contributed by atoms with Crippen molar-refractivity contribution < 1.29 is 14.0 Å². The van der Waals surface area contributed by atoms with Crippen LogP contribution in [0.1, 0.15) is 11.1 Å². The van der Waals surface area contributed by atoms with Gasteiger partial charge in [-0.2, -0.15) is 0 Å². The molecule has 0 saturated heterocycles. The van der Waals surface area contributed by atoms with E-state index < -0.39 is 0 Å². The average molecular weight is 327 g/mol. The molecular weight excluding hydrogens is 312 g/mol. The molecule has 0 aliphatic rings. The zero-order valence-corrected chi connectivity index (χ0v) is 12.1. The maximum absolute atomic E-state index is 5.73. The fraction of sp³-hybridized carbons (Fsp3) is 0.308. The van der Waals surface area contributed by atoms with Crippen molar-refractivity contribution in [1.29, 1.82) is 0 Å². The number of benzene rings is 1. The number of nitrogens with two attached hydrogens (primary N) is 1. The fourth-order valence-corrected chi connectivity index (χ4v) is 2.28. The minimum atomic E-state index is 0.370. The largest absolute Gasteiger partial charge is 0.493 e. The summed E-state index contributed by atoms with van der Waals surface area (Å²) in [5, 5.41) is 3.63. The highest BCUT2D eigenvalue weighted by Gasteiger charge is 2.12. The molecule has 0 aliphatic carbocycles. The number of hydrogen-bond donors (Lipinski definition) is 1. The predicted molar refractivity (Wildman–Crippen MR) is 74.3 cm³/mol. The quantitative estimate of drug-likeness (QED) is 0.883. The maximum atomic E-state index is 5.73. The van der Waals surface area contributed by atoms with Crippen LogP contribution in [0.25, 0.3) is 0 Å². The van der Waals surface area contributed by atoms with Crippen LogP contribution in [0, 0.1) is 0 Å². The Bertz CT molecular complexity index is 529. The molecular formula is C13H15BrN2O3. The normalized spacial score (nSPS) is 10.5. The van der Waals surface area contributed by atoms with E-state index in [1.54, 1.807) is 19.6 Å². The van der Waals surface area contributed by atoms with E-state index in [4.69, 9.17) is 19.7 Å². The molecule has 2 rings (SSSR count). The van der Waals surface area contributed by atoms with Gasteiger partial charge >= 0.3 is 0 Å². The molecule has 1 aromatic carbocycles. The monoisotopic (exact) mass is 326 g/mol. The van der Waals surface area contributed by atoms with Crippen molar-refractivity contribution >= 4 is 15.9 Å². The van der Waals surface area contributed by atoms with E-state index in [9.17, 15) is 0 Å². The Morgan fingerprint density at radius 2 is 2.21 bits per heavy atom. The smallest absolute Gasteiger partial charge is 0.175 e. The lowest BCUT2D eigenvalue weighted by molar-refractivity contribution is 0.281. The van der Waals surface area contributed by atoms with Gasteiger partial charge in [-0.15, -0.1) is 0 Å². The first-order valence-corrected chi connectivity index (χ1v) is 6.61. The van der Waals surface area contributed by atoms with Gasteiger partial charge < -0.3 is 19.7 Å². The molecule has 19 heavy (non-hydrogen) atoms. The number of halogens is 1. The molecule has 0 spiro atoms. The summed E-state index contributed by atoms with van der Waals surface area (Å²) in [5.74, 6) is 1.33. The third-order valence-electron chi connectivity index (χ3n) is 2.59. The minimum absolute atomic E-state index is 0.370. The molecule has 0 aliphatic heterocycles. The van der Waals surface area contributed by atoms with Crippen LogP contribution in [-0.4, -0.2) is 18.8 Å². The molecule has 0 unspecified atom stereocenters. The van der Waals surface area contributed by atoms with Gasteiger partial charge in [0.1, 0.15) is 12.9 Å². The van der Waals surface area contributed by atoms with E-state index in [1.807, 2.05) is 12.1 Å². The van der Waals surface area contributed by atoms with Gasteiger partial charge in [0.05, 0.1) is 17.8 Å². The average Bonchev–Trinajstić information content (AvgIpc) is 2.90. The van der Waals surface area contributed by atoms with Crippen molar-refractivity contribution in [3.05, 3.63) is 40.2 Å². The Morgan fingerprint density at radius 1 is 1.37 bits per heavy atom. The lowest BCUT2D eigenvalue weighted by Crippen LogP contribution is -2.04. The number of aromatic nitrogens is 1. The first-order valence-electron chi connectivity index (χ1n) is 5.82. The Balaban J connectivity index is 2.18. The zero-order valence-electron chi connectivity index (χ0n) is 10.6. The van der Waals surface area contributed by atoms with Gasteiger partial charge in [0.15, 0.2) is 11.5 Å². The molecule has 1 heterocycles. The van der Waals surface area contributed by atoms with Crippen LogP contribution in [0.2, 0.25) is 0 Å². The number of methoxy groups -OCH3 is 1. The number of nitrogens with zero attached hydrogens (tertiary/aromatic N) is 1. The molecule has 0 saturated carbocycles. The Hall–Kier alpha value is -1.53. The topological polar surface area (TPSA) is 70.5 Å². The summed E-state index contributed by atoms with van der Waals surface area (Å²) in [6.07, 6.45) is 3.95. The molecule has 6 heteroatoms. The highest BCUT2D eigenvalue weighted by Crippen LogP contribution is 2.37. The van der Waals surface area contributed by atoms with Gasteiger partial charge in [0.2, 0.25) is 0 Å². The minimum Gasteiger partial charge on any atom is -0.493 e. The summed E-state index contributed by atoms with van der Waals surface area (Å²) >= 11 is 3.49. The first-order chi connectivity index (χ1) is 9.24. The number of ether oxygens (including phenoxy) is 2. The molecule has 0 radical (unpaired) electrons. The number of hydrogen-bond acceptors (Lipinski definition) is 5. The molecule has 0 fully saturated rings. The lowest BCUT2D eigenvalue weighted by Gasteiger charge is -2.13. The molecule has 1 aromatic heterocycles. The van der Waals surface area contributed by atoms with Crippen molar-refractivity contribution in [1.82, 2.24) is 5.16 Å². The van der Waals surface area contributed by atoms with E-state index in [2.05, 4.69) is 21.1 Å². The van der Waals surface area contributed by atoms with E-state index in [-0.39, 0.29) is 0 Å². The van der Waals surface area contributed by atoms with E-state index in [0.717, 1.165) is 22.0 Å². The molecule has 0 atom stereocenters. The van der Waals surface area contributed by atoms with Gasteiger partial charge in [-0.1, -0.05) is 5.16 Å². The molecule has 2 N–H and O–H groups in total. The predicted octanol–water partition coefficient (Wildman–Crippen LogP) is 2.53. The molecule has 102 valence electrons. The summed E-state index contributed by atoms with van der Waals surface area (Å²) in [5.41, 5.74) is 7.52. The van der Waals surface area contributed by atoms with Gasteiger partial charge in [0.25, 0.3) is 0 Å². The second kappa shape index (κ2) is 6.58.